The van der Waals surface area contributed by atoms with Crippen molar-refractivity contribution >= 4 is 17.6 Å². The Balaban J connectivity index is 2.19. The molecule has 0 aliphatic carbocycles. The number of carbonyl (C=O) groups is 1. The summed E-state index contributed by atoms with van der Waals surface area (Å²) >= 11 is 5.86. The molecule has 0 radical (unpaired) electrons. The number of aromatic nitrogens is 3. The van der Waals surface area contributed by atoms with E-state index in [0.29, 0.717) is 34.3 Å². The van der Waals surface area contributed by atoms with Crippen molar-refractivity contribution in [2.75, 3.05) is 6.61 Å². The molecule has 3 rings (SSSR count). The smallest absolute Gasteiger partial charge is 0.342 e. The van der Waals surface area contributed by atoms with Crippen LogP contribution in [0.2, 0.25) is 5.15 Å². The highest BCUT2D eigenvalue weighted by Crippen LogP contribution is 2.28. The topological polar surface area (TPSA) is 57.0 Å². The van der Waals surface area contributed by atoms with Gasteiger partial charge < -0.3 is 4.74 Å². The fraction of sp³-hybridized carbons (Fsp3) is 0.167. The molecule has 3 aromatic rings. The van der Waals surface area contributed by atoms with Gasteiger partial charge in [-0.1, -0.05) is 29.8 Å². The molecule has 0 aliphatic heterocycles. The van der Waals surface area contributed by atoms with E-state index in [0.717, 1.165) is 5.69 Å². The van der Waals surface area contributed by atoms with Crippen molar-refractivity contribution in [1.82, 2.24) is 14.8 Å². The van der Waals surface area contributed by atoms with Crippen LogP contribution in [0.1, 0.15) is 23.0 Å². The van der Waals surface area contributed by atoms with E-state index < -0.39 is 5.97 Å². The van der Waals surface area contributed by atoms with Gasteiger partial charge in [-0.3, -0.25) is 0 Å². The minimum absolute atomic E-state index is 0.299. The minimum atomic E-state index is -0.401. The Kier molecular flexibility index (Phi) is 4.62. The summed E-state index contributed by atoms with van der Waals surface area (Å²) in [4.78, 5) is 16.5. The van der Waals surface area contributed by atoms with Gasteiger partial charge >= 0.3 is 5.97 Å². The van der Waals surface area contributed by atoms with Crippen LogP contribution in [0.15, 0.2) is 48.7 Å². The van der Waals surface area contributed by atoms with Gasteiger partial charge in [0, 0.05) is 11.8 Å². The summed E-state index contributed by atoms with van der Waals surface area (Å²) in [7, 11) is 0. The number of esters is 1. The maximum Gasteiger partial charge on any atom is 0.342 e. The summed E-state index contributed by atoms with van der Waals surface area (Å²) < 4.78 is 6.94. The number of benzene rings is 1. The van der Waals surface area contributed by atoms with Crippen LogP contribution in [0.25, 0.3) is 16.9 Å². The molecule has 0 N–H and O–H groups in total. The third-order valence-corrected chi connectivity index (χ3v) is 3.82. The predicted octanol–water partition coefficient (Wildman–Crippen LogP) is 4.07. The van der Waals surface area contributed by atoms with E-state index in [1.165, 1.54) is 0 Å². The fourth-order valence-electron chi connectivity index (χ4n) is 2.49. The molecular formula is C18H16ClN3O2. The highest BCUT2D eigenvalue weighted by molar-refractivity contribution is 6.29. The van der Waals surface area contributed by atoms with Crippen molar-refractivity contribution < 1.29 is 9.53 Å². The average Bonchev–Trinajstić information content (AvgIpc) is 2.94. The quantitative estimate of drug-likeness (QED) is 0.530. The zero-order chi connectivity index (χ0) is 17.1. The molecule has 2 aromatic heterocycles. The second-order valence-electron chi connectivity index (χ2n) is 5.15. The van der Waals surface area contributed by atoms with Crippen LogP contribution in [-0.4, -0.2) is 27.3 Å². The Morgan fingerprint density at radius 1 is 1.21 bits per heavy atom. The molecule has 6 heteroatoms. The van der Waals surface area contributed by atoms with Gasteiger partial charge in [-0.25, -0.2) is 14.5 Å². The minimum Gasteiger partial charge on any atom is -0.462 e. The SMILES string of the molecule is CCOC(=O)c1c(-c2ccc(Cl)nc2)nn(-c2ccccc2)c1C. The maximum atomic E-state index is 12.4. The number of ether oxygens (including phenoxy) is 1. The van der Waals surface area contributed by atoms with Gasteiger partial charge in [0.05, 0.1) is 18.0 Å². The molecule has 0 spiro atoms. The zero-order valence-electron chi connectivity index (χ0n) is 13.4. The van der Waals surface area contributed by atoms with Crippen LogP contribution < -0.4 is 0 Å². The lowest BCUT2D eigenvalue weighted by atomic mass is 10.1. The van der Waals surface area contributed by atoms with Gasteiger partial charge in [0.15, 0.2) is 0 Å². The van der Waals surface area contributed by atoms with Crippen LogP contribution in [0.5, 0.6) is 0 Å². The number of para-hydroxylation sites is 1. The first-order chi connectivity index (χ1) is 11.6. The van der Waals surface area contributed by atoms with Gasteiger partial charge in [0.25, 0.3) is 0 Å². The Morgan fingerprint density at radius 3 is 2.58 bits per heavy atom. The summed E-state index contributed by atoms with van der Waals surface area (Å²) in [5, 5.41) is 5.00. The van der Waals surface area contributed by atoms with E-state index in [2.05, 4.69) is 10.1 Å². The first kappa shape index (κ1) is 16.2. The van der Waals surface area contributed by atoms with Gasteiger partial charge in [0.1, 0.15) is 16.4 Å². The van der Waals surface area contributed by atoms with Crippen LogP contribution in [-0.2, 0) is 4.74 Å². The number of rotatable bonds is 4. The number of hydrogen-bond donors (Lipinski definition) is 0. The van der Waals surface area contributed by atoms with Crippen LogP contribution in [0.4, 0.5) is 0 Å². The van der Waals surface area contributed by atoms with Crippen molar-refractivity contribution in [3.8, 4) is 16.9 Å². The first-order valence-electron chi connectivity index (χ1n) is 7.56. The van der Waals surface area contributed by atoms with E-state index in [4.69, 9.17) is 16.3 Å². The number of pyridine rings is 1. The fourth-order valence-corrected chi connectivity index (χ4v) is 2.60. The third kappa shape index (κ3) is 3.03. The third-order valence-electron chi connectivity index (χ3n) is 3.60. The largest absolute Gasteiger partial charge is 0.462 e. The summed E-state index contributed by atoms with van der Waals surface area (Å²) in [6.45, 7) is 3.92. The molecule has 24 heavy (non-hydrogen) atoms. The standard InChI is InChI=1S/C18H16ClN3O2/c1-3-24-18(23)16-12(2)22(14-7-5-4-6-8-14)21-17(16)13-9-10-15(19)20-11-13/h4-11H,3H2,1-2H3. The normalized spacial score (nSPS) is 10.6. The highest BCUT2D eigenvalue weighted by Gasteiger charge is 2.24. The summed E-state index contributed by atoms with van der Waals surface area (Å²) in [5.41, 5.74) is 3.25. The van der Waals surface area contributed by atoms with Gasteiger partial charge in [-0.15, -0.1) is 0 Å². The Morgan fingerprint density at radius 2 is 1.96 bits per heavy atom. The second kappa shape index (κ2) is 6.84. The summed E-state index contributed by atoms with van der Waals surface area (Å²) in [6.07, 6.45) is 1.60. The molecule has 0 unspecified atom stereocenters. The molecule has 0 aliphatic rings. The van der Waals surface area contributed by atoms with E-state index >= 15 is 0 Å². The lowest BCUT2D eigenvalue weighted by Gasteiger charge is -2.05. The average molecular weight is 342 g/mol. The lowest BCUT2D eigenvalue weighted by Crippen LogP contribution is -2.07. The summed E-state index contributed by atoms with van der Waals surface area (Å²) in [5.74, 6) is -0.401. The van der Waals surface area contributed by atoms with E-state index in [9.17, 15) is 4.79 Å². The molecule has 0 saturated heterocycles. The Bertz CT molecular complexity index is 858. The molecular weight excluding hydrogens is 326 g/mol. The van der Waals surface area contributed by atoms with Gasteiger partial charge in [0.2, 0.25) is 0 Å². The van der Waals surface area contributed by atoms with Crippen LogP contribution >= 0.6 is 11.6 Å². The molecule has 5 nitrogen and oxygen atoms in total. The number of hydrogen-bond acceptors (Lipinski definition) is 4. The number of carbonyl (C=O) groups excluding carboxylic acids is 1. The summed E-state index contributed by atoms with van der Waals surface area (Å²) in [6, 6.07) is 13.1. The molecule has 0 atom stereocenters. The zero-order valence-corrected chi connectivity index (χ0v) is 14.1. The lowest BCUT2D eigenvalue weighted by molar-refractivity contribution is 0.0526. The molecule has 0 amide bonds. The molecule has 122 valence electrons. The van der Waals surface area contributed by atoms with Crippen LogP contribution in [0.3, 0.4) is 0 Å². The molecule has 0 saturated carbocycles. The van der Waals surface area contributed by atoms with Crippen LogP contribution in [0, 0.1) is 6.92 Å². The molecule has 2 heterocycles. The Labute approximate surface area is 144 Å². The predicted molar refractivity (Wildman–Crippen MR) is 92.5 cm³/mol. The molecule has 0 bridgehead atoms. The highest BCUT2D eigenvalue weighted by atomic mass is 35.5. The Hall–Kier alpha value is -2.66. The maximum absolute atomic E-state index is 12.4. The second-order valence-corrected chi connectivity index (χ2v) is 5.53. The van der Waals surface area contributed by atoms with E-state index in [-0.39, 0.29) is 0 Å². The van der Waals surface area contributed by atoms with Crippen molar-refractivity contribution in [2.24, 2.45) is 0 Å². The van der Waals surface area contributed by atoms with Crippen molar-refractivity contribution in [1.29, 1.82) is 0 Å². The molecule has 1 aromatic carbocycles. The molecule has 0 fully saturated rings. The number of nitrogens with zero attached hydrogens (tertiary/aromatic N) is 3. The first-order valence-corrected chi connectivity index (χ1v) is 7.93. The van der Waals surface area contributed by atoms with Gasteiger partial charge in [-0.2, -0.15) is 5.10 Å². The van der Waals surface area contributed by atoms with E-state index in [1.807, 2.05) is 37.3 Å². The number of halogens is 1. The van der Waals surface area contributed by atoms with Gasteiger partial charge in [-0.05, 0) is 38.1 Å². The van der Waals surface area contributed by atoms with Crippen molar-refractivity contribution in [2.45, 2.75) is 13.8 Å². The van der Waals surface area contributed by atoms with E-state index in [1.54, 1.807) is 29.9 Å². The monoisotopic (exact) mass is 341 g/mol. The van der Waals surface area contributed by atoms with Crippen molar-refractivity contribution in [3.63, 3.8) is 0 Å². The van der Waals surface area contributed by atoms with Crippen molar-refractivity contribution in [3.05, 3.63) is 65.1 Å².